The van der Waals surface area contributed by atoms with Gasteiger partial charge in [-0.05, 0) is 17.7 Å². The molecule has 0 atom stereocenters. The van der Waals surface area contributed by atoms with Gasteiger partial charge in [0.25, 0.3) is 0 Å². The lowest BCUT2D eigenvalue weighted by Crippen LogP contribution is -2.12. The van der Waals surface area contributed by atoms with E-state index in [-0.39, 0.29) is 5.75 Å². The third kappa shape index (κ3) is 2.80. The Balaban J connectivity index is 1.89. The van der Waals surface area contributed by atoms with Crippen LogP contribution in [-0.4, -0.2) is 15.1 Å². The lowest BCUT2D eigenvalue weighted by Gasteiger charge is -2.04. The van der Waals surface area contributed by atoms with E-state index in [9.17, 15) is 9.50 Å². The van der Waals surface area contributed by atoms with Crippen molar-refractivity contribution >= 4 is 0 Å². The molecule has 0 radical (unpaired) electrons. The number of nitrogens with one attached hydrogen (secondary N) is 2. The predicted octanol–water partition coefficient (Wildman–Crippen LogP) is 1.54. The van der Waals surface area contributed by atoms with Crippen LogP contribution in [-0.2, 0) is 13.1 Å². The van der Waals surface area contributed by atoms with Crippen LogP contribution in [0.25, 0.3) is 0 Å². The van der Waals surface area contributed by atoms with Crippen LogP contribution in [0.2, 0.25) is 0 Å². The maximum atomic E-state index is 12.9. The molecule has 84 valence electrons. The number of aromatic amines is 1. The quantitative estimate of drug-likeness (QED) is 0.734. The molecule has 0 unspecified atom stereocenters. The van der Waals surface area contributed by atoms with E-state index in [0.29, 0.717) is 18.7 Å². The highest BCUT2D eigenvalue weighted by Gasteiger charge is 2.00. The van der Waals surface area contributed by atoms with Crippen LogP contribution in [0.1, 0.15) is 11.3 Å². The predicted molar refractivity (Wildman–Crippen MR) is 57.2 cm³/mol. The molecule has 5 heteroatoms. The normalized spacial score (nSPS) is 10.6. The first-order valence-corrected chi connectivity index (χ1v) is 4.90. The van der Waals surface area contributed by atoms with Gasteiger partial charge in [0.1, 0.15) is 11.6 Å². The molecule has 1 aromatic carbocycles. The number of rotatable bonds is 4. The minimum atomic E-state index is -0.432. The first-order valence-electron chi connectivity index (χ1n) is 4.90. The third-order valence-electron chi connectivity index (χ3n) is 2.14. The molecule has 0 spiro atoms. The Bertz CT molecular complexity index is 436. The molecule has 16 heavy (non-hydrogen) atoms. The molecule has 0 bridgehead atoms. The van der Waals surface area contributed by atoms with Gasteiger partial charge >= 0.3 is 0 Å². The molecule has 0 saturated heterocycles. The number of aromatic nitrogens is 2. The minimum absolute atomic E-state index is 0.0571. The molecule has 1 heterocycles. The highest BCUT2D eigenvalue weighted by Crippen LogP contribution is 2.14. The molecule has 1 aromatic heterocycles. The molecule has 2 rings (SSSR count). The van der Waals surface area contributed by atoms with Gasteiger partial charge in [0.2, 0.25) is 0 Å². The van der Waals surface area contributed by atoms with Crippen molar-refractivity contribution in [2.45, 2.75) is 13.1 Å². The van der Waals surface area contributed by atoms with E-state index in [1.165, 1.54) is 12.1 Å². The smallest absolute Gasteiger partial charge is 0.127 e. The van der Waals surface area contributed by atoms with Crippen LogP contribution in [0, 0.1) is 5.82 Å². The largest absolute Gasteiger partial charge is 0.508 e. The number of imidazole rings is 1. The highest BCUT2D eigenvalue weighted by atomic mass is 19.1. The summed E-state index contributed by atoms with van der Waals surface area (Å²) < 4.78 is 12.9. The van der Waals surface area contributed by atoms with Crippen LogP contribution in [0.15, 0.2) is 30.7 Å². The van der Waals surface area contributed by atoms with Crippen molar-refractivity contribution in [1.82, 2.24) is 15.3 Å². The van der Waals surface area contributed by atoms with Crippen molar-refractivity contribution in [3.8, 4) is 5.75 Å². The highest BCUT2D eigenvalue weighted by molar-refractivity contribution is 5.28. The molecular weight excluding hydrogens is 209 g/mol. The Kier molecular flexibility index (Phi) is 3.16. The second-order valence-corrected chi connectivity index (χ2v) is 3.50. The summed E-state index contributed by atoms with van der Waals surface area (Å²) in [6.07, 6.45) is 3.32. The van der Waals surface area contributed by atoms with Gasteiger partial charge in [-0.1, -0.05) is 0 Å². The van der Waals surface area contributed by atoms with Gasteiger partial charge in [-0.15, -0.1) is 0 Å². The number of nitrogens with zero attached hydrogens (tertiary/aromatic N) is 1. The molecule has 0 aliphatic carbocycles. The number of aromatic hydroxyl groups is 1. The SMILES string of the molecule is Oc1cc(F)cc(CNCc2cnc[nH]2)c1. The van der Waals surface area contributed by atoms with Crippen molar-refractivity contribution in [1.29, 1.82) is 0 Å². The molecule has 0 saturated carbocycles. The summed E-state index contributed by atoms with van der Waals surface area (Å²) in [4.78, 5) is 6.83. The summed E-state index contributed by atoms with van der Waals surface area (Å²) in [5.41, 5.74) is 1.66. The minimum Gasteiger partial charge on any atom is -0.508 e. The third-order valence-corrected chi connectivity index (χ3v) is 2.14. The van der Waals surface area contributed by atoms with E-state index < -0.39 is 5.82 Å². The second-order valence-electron chi connectivity index (χ2n) is 3.50. The van der Waals surface area contributed by atoms with Gasteiger partial charge in [0.05, 0.1) is 6.33 Å². The zero-order valence-electron chi connectivity index (χ0n) is 8.57. The standard InChI is InChI=1S/C11H12FN3O/c12-9-1-8(2-11(16)3-9)4-13-5-10-6-14-7-15-10/h1-3,6-7,13,16H,4-5H2,(H,14,15). The fraction of sp³-hybridized carbons (Fsp3) is 0.182. The van der Waals surface area contributed by atoms with Crippen LogP contribution in [0.3, 0.4) is 0 Å². The monoisotopic (exact) mass is 221 g/mol. The molecule has 0 aliphatic rings. The first-order chi connectivity index (χ1) is 7.74. The van der Waals surface area contributed by atoms with Gasteiger partial charge in [-0.2, -0.15) is 0 Å². The Labute approximate surface area is 92.2 Å². The Morgan fingerprint density at radius 1 is 1.31 bits per heavy atom. The zero-order chi connectivity index (χ0) is 11.4. The number of hydrogen-bond acceptors (Lipinski definition) is 3. The number of H-pyrrole nitrogens is 1. The molecule has 4 nitrogen and oxygen atoms in total. The van der Waals surface area contributed by atoms with E-state index in [0.717, 1.165) is 11.8 Å². The molecule has 0 aliphatic heterocycles. The first kappa shape index (κ1) is 10.6. The zero-order valence-corrected chi connectivity index (χ0v) is 8.57. The number of hydrogen-bond donors (Lipinski definition) is 3. The van der Waals surface area contributed by atoms with E-state index in [1.807, 2.05) is 0 Å². The molecular formula is C11H12FN3O. The fourth-order valence-electron chi connectivity index (χ4n) is 1.46. The molecule has 2 aromatic rings. The molecule has 0 fully saturated rings. The average molecular weight is 221 g/mol. The Morgan fingerprint density at radius 2 is 2.19 bits per heavy atom. The fourth-order valence-corrected chi connectivity index (χ4v) is 1.46. The number of benzene rings is 1. The number of phenols is 1. The molecule has 3 N–H and O–H groups in total. The topological polar surface area (TPSA) is 60.9 Å². The van der Waals surface area contributed by atoms with Crippen LogP contribution < -0.4 is 5.32 Å². The summed E-state index contributed by atoms with van der Waals surface area (Å²) in [6, 6.07) is 4.00. The lowest BCUT2D eigenvalue weighted by atomic mass is 10.2. The van der Waals surface area contributed by atoms with Crippen LogP contribution in [0.4, 0.5) is 4.39 Å². The van der Waals surface area contributed by atoms with Crippen molar-refractivity contribution < 1.29 is 9.50 Å². The van der Waals surface area contributed by atoms with Crippen molar-refractivity contribution in [2.24, 2.45) is 0 Å². The number of phenolic OH excluding ortho intramolecular Hbond substituents is 1. The summed E-state index contributed by atoms with van der Waals surface area (Å²) in [7, 11) is 0. The van der Waals surface area contributed by atoms with E-state index in [4.69, 9.17) is 0 Å². The summed E-state index contributed by atoms with van der Waals surface area (Å²) >= 11 is 0. The molecule has 0 amide bonds. The van der Waals surface area contributed by atoms with Crippen molar-refractivity contribution in [2.75, 3.05) is 0 Å². The second kappa shape index (κ2) is 4.76. The maximum Gasteiger partial charge on any atom is 0.127 e. The van der Waals surface area contributed by atoms with Gasteiger partial charge in [0, 0.05) is 31.0 Å². The van der Waals surface area contributed by atoms with E-state index in [1.54, 1.807) is 12.5 Å². The summed E-state index contributed by atoms with van der Waals surface area (Å²) in [5.74, 6) is -0.489. The van der Waals surface area contributed by atoms with Gasteiger partial charge in [0.15, 0.2) is 0 Å². The summed E-state index contributed by atoms with van der Waals surface area (Å²) in [5, 5.41) is 12.3. The van der Waals surface area contributed by atoms with E-state index in [2.05, 4.69) is 15.3 Å². The van der Waals surface area contributed by atoms with Crippen LogP contribution >= 0.6 is 0 Å². The van der Waals surface area contributed by atoms with Gasteiger partial charge < -0.3 is 15.4 Å². The summed E-state index contributed by atoms with van der Waals surface area (Å²) in [6.45, 7) is 1.11. The van der Waals surface area contributed by atoms with Crippen molar-refractivity contribution in [3.63, 3.8) is 0 Å². The Hall–Kier alpha value is -1.88. The van der Waals surface area contributed by atoms with Gasteiger partial charge in [-0.3, -0.25) is 0 Å². The number of halogens is 1. The lowest BCUT2D eigenvalue weighted by molar-refractivity contribution is 0.467. The average Bonchev–Trinajstić information content (AvgIpc) is 2.69. The van der Waals surface area contributed by atoms with Crippen molar-refractivity contribution in [3.05, 3.63) is 47.8 Å². The maximum absolute atomic E-state index is 12.9. The Morgan fingerprint density at radius 3 is 2.88 bits per heavy atom. The van der Waals surface area contributed by atoms with Crippen LogP contribution in [0.5, 0.6) is 5.75 Å². The van der Waals surface area contributed by atoms with E-state index >= 15 is 0 Å². The van der Waals surface area contributed by atoms with Gasteiger partial charge in [-0.25, -0.2) is 9.37 Å².